The molecule has 2 N–H and O–H groups in total. The first-order valence-electron chi connectivity index (χ1n) is 5.45. The molecule has 0 unspecified atom stereocenters. The van der Waals surface area contributed by atoms with Gasteiger partial charge in [-0.2, -0.15) is 0 Å². The maximum Gasteiger partial charge on any atom is 0.253 e. The molecule has 0 saturated heterocycles. The highest BCUT2D eigenvalue weighted by Gasteiger charge is 2.38. The zero-order valence-electron chi connectivity index (χ0n) is 9.17. The van der Waals surface area contributed by atoms with Crippen LogP contribution in [0.15, 0.2) is 18.2 Å². The highest BCUT2D eigenvalue weighted by Crippen LogP contribution is 2.32. The summed E-state index contributed by atoms with van der Waals surface area (Å²) in [4.78, 5) is 11.9. The zero-order valence-corrected chi connectivity index (χ0v) is 9.93. The normalized spacial score (nSPS) is 17.4. The maximum atomic E-state index is 13.2. The quantitative estimate of drug-likeness (QED) is 0.872. The summed E-state index contributed by atoms with van der Waals surface area (Å²) in [6.07, 6.45) is 2.45. The SMILES string of the molecule is O=C(NC1(CO)CCC1)c1cccc(F)c1Cl. The fraction of sp³-hybridized carbons (Fsp3) is 0.417. The molecule has 0 aromatic heterocycles. The van der Waals surface area contributed by atoms with Crippen LogP contribution < -0.4 is 5.32 Å². The molecule has 2 rings (SSSR count). The minimum Gasteiger partial charge on any atom is -0.394 e. The third-order valence-electron chi connectivity index (χ3n) is 3.19. The molecule has 0 heterocycles. The van der Waals surface area contributed by atoms with Crippen molar-refractivity contribution >= 4 is 17.5 Å². The van der Waals surface area contributed by atoms with Crippen molar-refractivity contribution in [2.45, 2.75) is 24.8 Å². The summed E-state index contributed by atoms with van der Waals surface area (Å²) in [7, 11) is 0. The second-order valence-electron chi connectivity index (χ2n) is 4.35. The van der Waals surface area contributed by atoms with E-state index < -0.39 is 17.3 Å². The van der Waals surface area contributed by atoms with Crippen LogP contribution in [-0.4, -0.2) is 23.2 Å². The molecule has 1 saturated carbocycles. The molecule has 0 radical (unpaired) electrons. The van der Waals surface area contributed by atoms with Crippen LogP contribution in [0.1, 0.15) is 29.6 Å². The van der Waals surface area contributed by atoms with Gasteiger partial charge in [-0.3, -0.25) is 4.79 Å². The Bertz CT molecular complexity index is 441. The Morgan fingerprint density at radius 2 is 2.24 bits per heavy atom. The number of carbonyl (C=O) groups excluding carboxylic acids is 1. The van der Waals surface area contributed by atoms with Gasteiger partial charge in [-0.15, -0.1) is 0 Å². The number of halogens is 2. The molecule has 0 atom stereocenters. The second-order valence-corrected chi connectivity index (χ2v) is 4.73. The molecule has 1 aliphatic rings. The number of benzene rings is 1. The van der Waals surface area contributed by atoms with E-state index in [9.17, 15) is 14.3 Å². The Kier molecular flexibility index (Phi) is 3.35. The molecule has 5 heteroatoms. The Morgan fingerprint density at radius 3 is 2.76 bits per heavy atom. The first-order valence-corrected chi connectivity index (χ1v) is 5.83. The van der Waals surface area contributed by atoms with Gasteiger partial charge in [0.05, 0.1) is 22.7 Å². The van der Waals surface area contributed by atoms with Crippen molar-refractivity contribution in [3.63, 3.8) is 0 Å². The summed E-state index contributed by atoms with van der Waals surface area (Å²) in [5.74, 6) is -1.06. The van der Waals surface area contributed by atoms with Crippen LogP contribution in [0.25, 0.3) is 0 Å². The number of rotatable bonds is 3. The Hall–Kier alpha value is -1.13. The predicted molar refractivity (Wildman–Crippen MR) is 62.5 cm³/mol. The van der Waals surface area contributed by atoms with E-state index in [0.717, 1.165) is 19.3 Å². The van der Waals surface area contributed by atoms with E-state index in [0.29, 0.717) is 0 Å². The Morgan fingerprint density at radius 1 is 1.53 bits per heavy atom. The van der Waals surface area contributed by atoms with Crippen molar-refractivity contribution < 1.29 is 14.3 Å². The minimum absolute atomic E-state index is 0.103. The van der Waals surface area contributed by atoms with Gasteiger partial charge in [0.25, 0.3) is 5.91 Å². The monoisotopic (exact) mass is 257 g/mol. The van der Waals surface area contributed by atoms with Gasteiger partial charge in [0.15, 0.2) is 0 Å². The molecule has 1 amide bonds. The van der Waals surface area contributed by atoms with Gasteiger partial charge >= 0.3 is 0 Å². The lowest BCUT2D eigenvalue weighted by molar-refractivity contribution is 0.0641. The molecule has 1 aromatic carbocycles. The summed E-state index contributed by atoms with van der Waals surface area (Å²) >= 11 is 5.72. The van der Waals surface area contributed by atoms with Crippen LogP contribution in [0.3, 0.4) is 0 Å². The van der Waals surface area contributed by atoms with Gasteiger partial charge in [0, 0.05) is 0 Å². The second kappa shape index (κ2) is 4.63. The lowest BCUT2D eigenvalue weighted by atomic mass is 9.77. The van der Waals surface area contributed by atoms with Gasteiger partial charge < -0.3 is 10.4 Å². The molecule has 92 valence electrons. The smallest absolute Gasteiger partial charge is 0.253 e. The van der Waals surface area contributed by atoms with E-state index in [-0.39, 0.29) is 17.2 Å². The fourth-order valence-corrected chi connectivity index (χ4v) is 2.13. The van der Waals surface area contributed by atoms with Crippen LogP contribution in [0, 0.1) is 5.82 Å². The number of nitrogens with one attached hydrogen (secondary N) is 1. The number of amides is 1. The van der Waals surface area contributed by atoms with Crippen molar-refractivity contribution in [2.24, 2.45) is 0 Å². The molecule has 1 aliphatic carbocycles. The van der Waals surface area contributed by atoms with E-state index in [4.69, 9.17) is 11.6 Å². The summed E-state index contributed by atoms with van der Waals surface area (Å²) < 4.78 is 13.2. The third kappa shape index (κ3) is 2.28. The lowest BCUT2D eigenvalue weighted by Gasteiger charge is -2.41. The van der Waals surface area contributed by atoms with Crippen molar-refractivity contribution in [3.05, 3.63) is 34.6 Å². The topological polar surface area (TPSA) is 49.3 Å². The van der Waals surface area contributed by atoms with Gasteiger partial charge in [0.2, 0.25) is 0 Å². The first kappa shape index (κ1) is 12.3. The highest BCUT2D eigenvalue weighted by molar-refractivity contribution is 6.34. The van der Waals surface area contributed by atoms with Crippen molar-refractivity contribution in [1.29, 1.82) is 0 Å². The van der Waals surface area contributed by atoms with E-state index in [1.165, 1.54) is 18.2 Å². The molecular weight excluding hydrogens is 245 g/mol. The fourth-order valence-electron chi connectivity index (χ4n) is 1.91. The molecule has 0 aliphatic heterocycles. The van der Waals surface area contributed by atoms with Crippen LogP contribution in [0.2, 0.25) is 5.02 Å². The average molecular weight is 258 g/mol. The Labute approximate surface area is 104 Å². The third-order valence-corrected chi connectivity index (χ3v) is 3.57. The molecule has 0 bridgehead atoms. The zero-order chi connectivity index (χ0) is 12.5. The van der Waals surface area contributed by atoms with Crippen molar-refractivity contribution in [3.8, 4) is 0 Å². The molecular formula is C12H13ClFNO2. The molecule has 0 spiro atoms. The number of hydrogen-bond acceptors (Lipinski definition) is 2. The van der Waals surface area contributed by atoms with Gasteiger partial charge in [-0.1, -0.05) is 17.7 Å². The number of aliphatic hydroxyl groups excluding tert-OH is 1. The summed E-state index contributed by atoms with van der Waals surface area (Å²) in [6, 6.07) is 4.09. The highest BCUT2D eigenvalue weighted by atomic mass is 35.5. The summed E-state index contributed by atoms with van der Waals surface area (Å²) in [6.45, 7) is -0.105. The maximum absolute atomic E-state index is 13.2. The summed E-state index contributed by atoms with van der Waals surface area (Å²) in [5, 5.41) is 11.8. The van der Waals surface area contributed by atoms with Crippen molar-refractivity contribution in [1.82, 2.24) is 5.32 Å². The van der Waals surface area contributed by atoms with Crippen LogP contribution in [0.5, 0.6) is 0 Å². The van der Waals surface area contributed by atoms with Crippen LogP contribution >= 0.6 is 11.6 Å². The van der Waals surface area contributed by atoms with Crippen molar-refractivity contribution in [2.75, 3.05) is 6.61 Å². The van der Waals surface area contributed by atoms with E-state index in [1.54, 1.807) is 0 Å². The Balaban J connectivity index is 2.17. The minimum atomic E-state index is -0.619. The van der Waals surface area contributed by atoms with E-state index >= 15 is 0 Å². The lowest BCUT2D eigenvalue weighted by Crippen LogP contribution is -2.56. The summed E-state index contributed by atoms with van der Waals surface area (Å²) in [5.41, 5.74) is -0.446. The average Bonchev–Trinajstić information content (AvgIpc) is 2.27. The van der Waals surface area contributed by atoms with E-state index in [1.807, 2.05) is 0 Å². The van der Waals surface area contributed by atoms with Gasteiger partial charge in [0.1, 0.15) is 5.82 Å². The molecule has 1 fully saturated rings. The largest absolute Gasteiger partial charge is 0.394 e. The molecule has 1 aromatic rings. The first-order chi connectivity index (χ1) is 8.08. The number of hydrogen-bond donors (Lipinski definition) is 2. The number of carbonyl (C=O) groups is 1. The number of aliphatic hydroxyl groups is 1. The van der Waals surface area contributed by atoms with Crippen LogP contribution in [-0.2, 0) is 0 Å². The predicted octanol–water partition coefficient (Wildman–Crippen LogP) is 2.12. The van der Waals surface area contributed by atoms with Gasteiger partial charge in [-0.25, -0.2) is 4.39 Å². The standard InChI is InChI=1S/C12H13ClFNO2/c13-10-8(3-1-4-9(10)14)11(17)15-12(7-16)5-2-6-12/h1,3-4,16H,2,5-7H2,(H,15,17). The molecule has 3 nitrogen and oxygen atoms in total. The molecule has 17 heavy (non-hydrogen) atoms. The van der Waals surface area contributed by atoms with Gasteiger partial charge in [-0.05, 0) is 31.4 Å². The van der Waals surface area contributed by atoms with E-state index in [2.05, 4.69) is 5.32 Å². The van der Waals surface area contributed by atoms with Crippen LogP contribution in [0.4, 0.5) is 4.39 Å².